The number of allylic oxidation sites excluding steroid dienone is 2. The smallest absolute Gasteiger partial charge is 0.308 e. The molecule has 4 heteroatoms. The first kappa shape index (κ1) is 16.6. The summed E-state index contributed by atoms with van der Waals surface area (Å²) >= 11 is 1.31. The number of ether oxygens (including phenoxy) is 1. The van der Waals surface area contributed by atoms with Crippen molar-refractivity contribution in [1.29, 1.82) is 0 Å². The van der Waals surface area contributed by atoms with Crippen LogP contribution in [-0.4, -0.2) is 11.1 Å². The van der Waals surface area contributed by atoms with Crippen LogP contribution in [0.2, 0.25) is 0 Å². The molecule has 1 unspecified atom stereocenters. The molecule has 0 aliphatic carbocycles. The molecule has 1 aromatic carbocycles. The minimum Gasteiger partial charge on any atom is -0.427 e. The van der Waals surface area contributed by atoms with Crippen LogP contribution in [-0.2, 0) is 9.59 Å². The van der Waals surface area contributed by atoms with Crippen molar-refractivity contribution in [2.75, 3.05) is 0 Å². The molecule has 3 nitrogen and oxygen atoms in total. The SMILES string of the molecule is CC/C(=C1\C=CC(=O)S1)C(CC)c1ccc(OC(C)=O)cc1. The topological polar surface area (TPSA) is 43.4 Å². The van der Waals surface area contributed by atoms with Crippen LogP contribution in [0, 0.1) is 0 Å². The van der Waals surface area contributed by atoms with Crippen molar-refractivity contribution in [1.82, 2.24) is 0 Å². The summed E-state index contributed by atoms with van der Waals surface area (Å²) in [4.78, 5) is 23.5. The van der Waals surface area contributed by atoms with E-state index in [0.29, 0.717) is 5.75 Å². The number of benzene rings is 1. The zero-order valence-corrected chi connectivity index (χ0v) is 13.9. The van der Waals surface area contributed by atoms with Gasteiger partial charge in [-0.3, -0.25) is 9.59 Å². The zero-order chi connectivity index (χ0) is 16.1. The molecule has 0 amide bonds. The summed E-state index contributed by atoms with van der Waals surface area (Å²) in [5, 5.41) is 0.0982. The van der Waals surface area contributed by atoms with Crippen LogP contribution in [0.5, 0.6) is 5.75 Å². The molecular weight excluding hydrogens is 296 g/mol. The quantitative estimate of drug-likeness (QED) is 0.588. The van der Waals surface area contributed by atoms with E-state index in [2.05, 4.69) is 13.8 Å². The predicted octanol–water partition coefficient (Wildman–Crippen LogP) is 4.60. The maximum absolute atomic E-state index is 11.5. The van der Waals surface area contributed by atoms with Gasteiger partial charge in [-0.25, -0.2) is 0 Å². The molecule has 0 saturated heterocycles. The molecule has 116 valence electrons. The average molecular weight is 316 g/mol. The largest absolute Gasteiger partial charge is 0.427 e. The van der Waals surface area contributed by atoms with Crippen molar-refractivity contribution in [3.63, 3.8) is 0 Å². The molecule has 0 saturated carbocycles. The van der Waals surface area contributed by atoms with Gasteiger partial charge in [-0.1, -0.05) is 26.0 Å². The molecule has 2 rings (SSSR count). The van der Waals surface area contributed by atoms with Crippen molar-refractivity contribution in [2.24, 2.45) is 0 Å². The fraction of sp³-hybridized carbons (Fsp3) is 0.333. The lowest BCUT2D eigenvalue weighted by Gasteiger charge is -2.20. The normalized spacial score (nSPS) is 17.5. The van der Waals surface area contributed by atoms with Crippen LogP contribution < -0.4 is 4.74 Å². The number of rotatable bonds is 5. The molecule has 0 aromatic heterocycles. The molecule has 0 fully saturated rings. The van der Waals surface area contributed by atoms with Crippen molar-refractivity contribution < 1.29 is 14.3 Å². The Hall–Kier alpha value is -1.81. The highest BCUT2D eigenvalue weighted by Gasteiger charge is 2.21. The fourth-order valence-electron chi connectivity index (χ4n) is 2.70. The van der Waals surface area contributed by atoms with Gasteiger partial charge >= 0.3 is 5.97 Å². The summed E-state index contributed by atoms with van der Waals surface area (Å²) in [6, 6.07) is 7.63. The minimum atomic E-state index is -0.317. The lowest BCUT2D eigenvalue weighted by Crippen LogP contribution is -2.04. The second-order valence-corrected chi connectivity index (χ2v) is 6.17. The van der Waals surface area contributed by atoms with E-state index in [9.17, 15) is 9.59 Å². The molecule has 0 spiro atoms. The van der Waals surface area contributed by atoms with E-state index < -0.39 is 0 Å². The number of hydrogen-bond acceptors (Lipinski definition) is 4. The summed E-state index contributed by atoms with van der Waals surface area (Å²) in [6.45, 7) is 5.66. The monoisotopic (exact) mass is 316 g/mol. The van der Waals surface area contributed by atoms with E-state index in [-0.39, 0.29) is 17.0 Å². The van der Waals surface area contributed by atoms with Gasteiger partial charge in [0.2, 0.25) is 5.12 Å². The van der Waals surface area contributed by atoms with Crippen LogP contribution in [0.15, 0.2) is 46.9 Å². The van der Waals surface area contributed by atoms with E-state index in [1.54, 1.807) is 6.08 Å². The molecule has 0 bridgehead atoms. The van der Waals surface area contributed by atoms with Gasteiger partial charge in [0.05, 0.1) is 0 Å². The summed E-state index contributed by atoms with van der Waals surface area (Å²) in [6.07, 6.45) is 5.42. The van der Waals surface area contributed by atoms with Crippen LogP contribution in [0.1, 0.15) is 45.1 Å². The van der Waals surface area contributed by atoms with Gasteiger partial charge in [0.1, 0.15) is 5.75 Å². The first-order chi connectivity index (χ1) is 10.5. The van der Waals surface area contributed by atoms with E-state index in [1.165, 1.54) is 29.8 Å². The Morgan fingerprint density at radius 3 is 2.32 bits per heavy atom. The van der Waals surface area contributed by atoms with Gasteiger partial charge in [0.25, 0.3) is 0 Å². The highest BCUT2D eigenvalue weighted by atomic mass is 32.2. The Balaban J connectivity index is 2.29. The van der Waals surface area contributed by atoms with Crippen LogP contribution in [0.3, 0.4) is 0 Å². The van der Waals surface area contributed by atoms with E-state index in [0.717, 1.165) is 17.7 Å². The molecule has 22 heavy (non-hydrogen) atoms. The van der Waals surface area contributed by atoms with Crippen molar-refractivity contribution in [3.8, 4) is 5.75 Å². The Kier molecular flexibility index (Phi) is 5.61. The minimum absolute atomic E-state index is 0.0982. The highest BCUT2D eigenvalue weighted by molar-refractivity contribution is 8.17. The maximum Gasteiger partial charge on any atom is 0.308 e. The standard InChI is InChI=1S/C18H20O3S/c1-4-15(16(5-2)17-10-11-18(20)22-17)13-6-8-14(9-7-13)21-12(3)19/h6-11,15H,4-5H2,1-3H3/b17-16-. The zero-order valence-electron chi connectivity index (χ0n) is 13.1. The first-order valence-corrected chi connectivity index (χ1v) is 8.28. The molecule has 0 radical (unpaired) electrons. The molecular formula is C18H20O3S. The van der Waals surface area contributed by atoms with Crippen LogP contribution in [0.4, 0.5) is 0 Å². The van der Waals surface area contributed by atoms with Crippen LogP contribution >= 0.6 is 11.8 Å². The second-order valence-electron chi connectivity index (χ2n) is 5.12. The first-order valence-electron chi connectivity index (χ1n) is 7.46. The van der Waals surface area contributed by atoms with E-state index in [4.69, 9.17) is 4.74 Å². The third-order valence-corrected chi connectivity index (χ3v) is 4.61. The molecule has 0 N–H and O–H groups in total. The Labute approximate surface area is 135 Å². The Bertz CT molecular complexity index is 626. The number of carbonyl (C=O) groups is 2. The lowest BCUT2D eigenvalue weighted by atomic mass is 9.87. The van der Waals surface area contributed by atoms with Crippen molar-refractivity contribution in [2.45, 2.75) is 39.5 Å². The van der Waals surface area contributed by atoms with Gasteiger partial charge in [-0.15, -0.1) is 0 Å². The van der Waals surface area contributed by atoms with Gasteiger partial charge in [0.15, 0.2) is 0 Å². The van der Waals surface area contributed by atoms with E-state index >= 15 is 0 Å². The summed E-state index contributed by atoms with van der Waals surface area (Å²) in [7, 11) is 0. The molecule has 1 aliphatic heterocycles. The summed E-state index contributed by atoms with van der Waals surface area (Å²) in [5.74, 6) is 0.513. The third-order valence-electron chi connectivity index (χ3n) is 3.65. The summed E-state index contributed by atoms with van der Waals surface area (Å²) in [5.41, 5.74) is 2.46. The maximum atomic E-state index is 11.5. The van der Waals surface area contributed by atoms with Gasteiger partial charge in [0, 0.05) is 17.7 Å². The number of hydrogen-bond donors (Lipinski definition) is 0. The van der Waals surface area contributed by atoms with Crippen molar-refractivity contribution in [3.05, 3.63) is 52.5 Å². The van der Waals surface area contributed by atoms with Gasteiger partial charge in [-0.2, -0.15) is 0 Å². The number of carbonyl (C=O) groups excluding carboxylic acids is 2. The number of esters is 1. The third kappa shape index (κ3) is 3.89. The number of thioether (sulfide) groups is 1. The lowest BCUT2D eigenvalue weighted by molar-refractivity contribution is -0.131. The molecule has 1 aromatic rings. The average Bonchev–Trinajstić information content (AvgIpc) is 2.91. The van der Waals surface area contributed by atoms with Gasteiger partial charge < -0.3 is 4.74 Å². The molecule has 1 atom stereocenters. The predicted molar refractivity (Wildman–Crippen MR) is 89.8 cm³/mol. The Morgan fingerprint density at radius 1 is 1.18 bits per heavy atom. The molecule has 1 heterocycles. The van der Waals surface area contributed by atoms with E-state index in [1.807, 2.05) is 30.3 Å². The van der Waals surface area contributed by atoms with Gasteiger partial charge in [-0.05, 0) is 60.0 Å². The molecule has 1 aliphatic rings. The van der Waals surface area contributed by atoms with Crippen molar-refractivity contribution >= 4 is 22.8 Å². The second kappa shape index (κ2) is 7.45. The Morgan fingerprint density at radius 2 is 1.86 bits per heavy atom. The fourth-order valence-corrected chi connectivity index (χ4v) is 3.61. The highest BCUT2D eigenvalue weighted by Crippen LogP contribution is 2.39. The summed E-state index contributed by atoms with van der Waals surface area (Å²) < 4.78 is 5.07. The van der Waals surface area contributed by atoms with Crippen LogP contribution in [0.25, 0.3) is 0 Å².